The fourth-order valence-electron chi connectivity index (χ4n) is 4.27. The van der Waals surface area contributed by atoms with E-state index in [1.165, 1.54) is 0 Å². The van der Waals surface area contributed by atoms with E-state index in [2.05, 4.69) is 6.07 Å². The van der Waals surface area contributed by atoms with Gasteiger partial charge in [-0.2, -0.15) is 5.26 Å². The van der Waals surface area contributed by atoms with E-state index in [9.17, 15) is 15.2 Å². The molecule has 0 aliphatic heterocycles. The van der Waals surface area contributed by atoms with E-state index in [4.69, 9.17) is 5.11 Å². The number of aliphatic hydroxyl groups is 1. The number of hydrogen-bond donors (Lipinski definition) is 2. The molecule has 3 aliphatic rings. The first-order valence-corrected chi connectivity index (χ1v) is 6.03. The van der Waals surface area contributed by atoms with Gasteiger partial charge in [0, 0.05) is 5.41 Å². The maximum atomic E-state index is 11.0. The van der Waals surface area contributed by atoms with Crippen LogP contribution in [-0.4, -0.2) is 22.3 Å². The summed E-state index contributed by atoms with van der Waals surface area (Å²) in [6.45, 7) is 0. The third kappa shape index (κ3) is 1.23. The zero-order chi connectivity index (χ0) is 12.3. The van der Waals surface area contributed by atoms with Crippen LogP contribution < -0.4 is 0 Å². The van der Waals surface area contributed by atoms with Gasteiger partial charge in [-0.15, -0.1) is 0 Å². The van der Waals surface area contributed by atoms with Gasteiger partial charge in [-0.25, -0.2) is 0 Å². The monoisotopic (exact) mass is 233 g/mol. The molecule has 2 bridgehead atoms. The van der Waals surface area contributed by atoms with E-state index in [-0.39, 0.29) is 12.3 Å². The Bertz CT molecular complexity index is 452. The number of allylic oxidation sites excluding steroid dienone is 1. The number of hydrogen-bond acceptors (Lipinski definition) is 3. The molecule has 2 saturated carbocycles. The minimum atomic E-state index is -0.870. The van der Waals surface area contributed by atoms with Crippen LogP contribution in [0, 0.1) is 34.0 Å². The molecule has 0 aromatic heterocycles. The molecule has 0 heterocycles. The Morgan fingerprint density at radius 2 is 2.24 bits per heavy atom. The van der Waals surface area contributed by atoms with Gasteiger partial charge < -0.3 is 10.2 Å². The van der Waals surface area contributed by atoms with Gasteiger partial charge >= 0.3 is 5.97 Å². The van der Waals surface area contributed by atoms with Crippen LogP contribution in [0.5, 0.6) is 0 Å². The normalized spacial score (nSPS) is 50.2. The average molecular weight is 233 g/mol. The lowest BCUT2D eigenvalue weighted by atomic mass is 9.66. The molecule has 90 valence electrons. The zero-order valence-electron chi connectivity index (χ0n) is 9.47. The van der Waals surface area contributed by atoms with Gasteiger partial charge in [0.25, 0.3) is 0 Å². The summed E-state index contributed by atoms with van der Waals surface area (Å²) in [5.74, 6) is -0.400. The van der Waals surface area contributed by atoms with Gasteiger partial charge in [0.1, 0.15) is 0 Å². The summed E-state index contributed by atoms with van der Waals surface area (Å²) >= 11 is 0. The predicted molar refractivity (Wildman–Crippen MR) is 58.7 cm³/mol. The number of nitriles is 1. The van der Waals surface area contributed by atoms with Crippen molar-refractivity contribution in [1.82, 2.24) is 0 Å². The lowest BCUT2D eigenvalue weighted by molar-refractivity contribution is -0.141. The smallest absolute Gasteiger partial charge is 0.304 e. The molecule has 0 saturated heterocycles. The molecule has 0 amide bonds. The van der Waals surface area contributed by atoms with Crippen LogP contribution in [0.4, 0.5) is 0 Å². The Labute approximate surface area is 99.6 Å². The Hall–Kier alpha value is -1.34. The van der Waals surface area contributed by atoms with Crippen molar-refractivity contribution in [3.63, 3.8) is 0 Å². The quantitative estimate of drug-likeness (QED) is 0.705. The maximum Gasteiger partial charge on any atom is 0.304 e. The second kappa shape index (κ2) is 3.11. The van der Waals surface area contributed by atoms with Crippen LogP contribution in [0.1, 0.15) is 25.7 Å². The SMILES string of the molecule is N#C[C@]12C=CC3(CC(=O)O)[C@H](C1)C(C[C@@H]3O)C2. The van der Waals surface area contributed by atoms with Crippen molar-refractivity contribution in [1.29, 1.82) is 5.26 Å². The second-order valence-corrected chi connectivity index (χ2v) is 5.81. The van der Waals surface area contributed by atoms with Crippen LogP contribution >= 0.6 is 0 Å². The van der Waals surface area contributed by atoms with Crippen molar-refractivity contribution in [3.05, 3.63) is 12.2 Å². The van der Waals surface area contributed by atoms with E-state index >= 15 is 0 Å². The minimum absolute atomic E-state index is 0.0205. The van der Waals surface area contributed by atoms with Crippen molar-refractivity contribution < 1.29 is 15.0 Å². The summed E-state index contributed by atoms with van der Waals surface area (Å²) in [5, 5.41) is 28.5. The molecular weight excluding hydrogens is 218 g/mol. The lowest BCUT2D eigenvalue weighted by Gasteiger charge is -2.38. The highest BCUT2D eigenvalue weighted by Gasteiger charge is 2.63. The Kier molecular flexibility index (Phi) is 1.97. The molecule has 0 spiro atoms. The van der Waals surface area contributed by atoms with Crippen molar-refractivity contribution in [2.75, 3.05) is 0 Å². The fraction of sp³-hybridized carbons (Fsp3) is 0.692. The van der Waals surface area contributed by atoms with Gasteiger partial charge in [-0.3, -0.25) is 4.79 Å². The molecule has 0 radical (unpaired) electrons. The maximum absolute atomic E-state index is 11.0. The van der Waals surface area contributed by atoms with E-state index in [1.54, 1.807) is 0 Å². The van der Waals surface area contributed by atoms with Gasteiger partial charge in [-0.1, -0.05) is 12.2 Å². The van der Waals surface area contributed by atoms with Gasteiger partial charge in [-0.05, 0) is 31.1 Å². The number of nitrogens with zero attached hydrogens (tertiary/aromatic N) is 1. The summed E-state index contributed by atoms with van der Waals surface area (Å²) < 4.78 is 0. The summed E-state index contributed by atoms with van der Waals surface area (Å²) in [7, 11) is 0. The summed E-state index contributed by atoms with van der Waals surface area (Å²) in [5.41, 5.74) is -1.01. The van der Waals surface area contributed by atoms with Crippen LogP contribution in [0.25, 0.3) is 0 Å². The lowest BCUT2D eigenvalue weighted by Crippen LogP contribution is -2.39. The fourth-order valence-corrected chi connectivity index (χ4v) is 4.27. The Morgan fingerprint density at radius 1 is 1.47 bits per heavy atom. The minimum Gasteiger partial charge on any atom is -0.481 e. The van der Waals surface area contributed by atoms with Crippen molar-refractivity contribution in [2.45, 2.75) is 31.8 Å². The number of rotatable bonds is 2. The molecule has 0 aromatic carbocycles. The van der Waals surface area contributed by atoms with Crippen LogP contribution in [0.3, 0.4) is 0 Å². The highest BCUT2D eigenvalue weighted by molar-refractivity contribution is 5.69. The third-order valence-corrected chi connectivity index (χ3v) is 5.01. The molecule has 0 aromatic rings. The Morgan fingerprint density at radius 3 is 2.88 bits per heavy atom. The highest BCUT2D eigenvalue weighted by atomic mass is 16.4. The molecule has 2 fully saturated rings. The summed E-state index contributed by atoms with van der Waals surface area (Å²) in [6, 6.07) is 2.36. The van der Waals surface area contributed by atoms with E-state index < -0.39 is 22.9 Å². The summed E-state index contributed by atoms with van der Waals surface area (Å²) in [6.07, 6.45) is 5.24. The number of aliphatic hydroxyl groups excluding tert-OH is 1. The molecule has 17 heavy (non-hydrogen) atoms. The van der Waals surface area contributed by atoms with E-state index in [0.29, 0.717) is 12.3 Å². The third-order valence-electron chi connectivity index (χ3n) is 5.01. The average Bonchev–Trinajstić information content (AvgIpc) is 2.70. The standard InChI is InChI=1S/C13H15NO3/c14-7-12-1-2-13(6-11(16)17)9(5-12)8(4-12)3-10(13)15/h1-2,8-10,15H,3-6H2,(H,16,17)/t8?,9-,10+,12+,13?/m1/s1. The first-order chi connectivity index (χ1) is 8.01. The molecule has 4 nitrogen and oxygen atoms in total. The molecule has 3 rings (SSSR count). The number of carboxylic acid groups (broad SMARTS) is 1. The van der Waals surface area contributed by atoms with Crippen LogP contribution in [-0.2, 0) is 4.79 Å². The van der Waals surface area contributed by atoms with E-state index in [1.807, 2.05) is 12.2 Å². The van der Waals surface area contributed by atoms with Gasteiger partial charge in [0.05, 0.1) is 24.0 Å². The topological polar surface area (TPSA) is 81.3 Å². The number of aliphatic carboxylic acids is 1. The van der Waals surface area contributed by atoms with E-state index in [0.717, 1.165) is 12.8 Å². The largest absolute Gasteiger partial charge is 0.481 e. The highest BCUT2D eigenvalue weighted by Crippen LogP contribution is 2.65. The van der Waals surface area contributed by atoms with Crippen molar-refractivity contribution >= 4 is 5.97 Å². The second-order valence-electron chi connectivity index (χ2n) is 5.81. The number of fused-ring (bicyclic) bond motifs is 1. The van der Waals surface area contributed by atoms with Gasteiger partial charge in [0.2, 0.25) is 0 Å². The van der Waals surface area contributed by atoms with Gasteiger partial charge in [0.15, 0.2) is 0 Å². The number of carbonyl (C=O) groups is 1. The number of carboxylic acids is 1. The van der Waals surface area contributed by atoms with Crippen molar-refractivity contribution in [3.8, 4) is 6.07 Å². The first kappa shape index (κ1) is 10.8. The predicted octanol–water partition coefficient (Wildman–Crippen LogP) is 1.32. The Balaban J connectivity index is 2.05. The van der Waals surface area contributed by atoms with Crippen LogP contribution in [0.2, 0.25) is 0 Å². The molecule has 5 atom stereocenters. The molecule has 3 aliphatic carbocycles. The summed E-state index contributed by atoms with van der Waals surface area (Å²) in [4.78, 5) is 11.0. The molecule has 4 heteroatoms. The molecule has 2 unspecified atom stereocenters. The van der Waals surface area contributed by atoms with Crippen molar-refractivity contribution in [2.24, 2.45) is 22.7 Å². The molecular formula is C13H15NO3. The first-order valence-electron chi connectivity index (χ1n) is 6.03. The van der Waals surface area contributed by atoms with Crippen LogP contribution in [0.15, 0.2) is 12.2 Å². The molecule has 2 N–H and O–H groups in total. The zero-order valence-corrected chi connectivity index (χ0v) is 9.47.